The zero-order chi connectivity index (χ0) is 14.7. The van der Waals surface area contributed by atoms with E-state index in [4.69, 9.17) is 23.2 Å². The number of hydrogen-bond donors (Lipinski definition) is 1. The van der Waals surface area contributed by atoms with Gasteiger partial charge in [-0.3, -0.25) is 4.79 Å². The minimum Gasteiger partial charge on any atom is -0.335 e. The molecule has 1 aliphatic rings. The Morgan fingerprint density at radius 3 is 2.75 bits per heavy atom. The molecule has 2 heterocycles. The van der Waals surface area contributed by atoms with Crippen molar-refractivity contribution in [1.82, 2.24) is 10.2 Å². The Bertz CT molecular complexity index is 470. The van der Waals surface area contributed by atoms with Crippen LogP contribution in [0.2, 0.25) is 8.67 Å². The van der Waals surface area contributed by atoms with Crippen molar-refractivity contribution >= 4 is 40.4 Å². The predicted octanol–water partition coefficient (Wildman–Crippen LogP) is 4.05. The van der Waals surface area contributed by atoms with Gasteiger partial charge in [-0.05, 0) is 39.3 Å². The molecule has 20 heavy (non-hydrogen) atoms. The van der Waals surface area contributed by atoms with Crippen LogP contribution >= 0.6 is 34.5 Å². The molecule has 1 aromatic heterocycles. The molecule has 1 N–H and O–H groups in total. The van der Waals surface area contributed by atoms with Crippen LogP contribution in [0.1, 0.15) is 43.5 Å². The normalized spacial score (nSPS) is 19.4. The average molecular weight is 335 g/mol. The van der Waals surface area contributed by atoms with E-state index in [0.29, 0.717) is 20.3 Å². The maximum atomic E-state index is 12.7. The zero-order valence-electron chi connectivity index (χ0n) is 11.8. The summed E-state index contributed by atoms with van der Waals surface area (Å²) >= 11 is 13.3. The number of thiophene rings is 1. The summed E-state index contributed by atoms with van der Waals surface area (Å²) in [7, 11) is 0. The van der Waals surface area contributed by atoms with E-state index >= 15 is 0 Å². The van der Waals surface area contributed by atoms with Crippen molar-refractivity contribution in [3.63, 3.8) is 0 Å². The van der Waals surface area contributed by atoms with E-state index in [1.54, 1.807) is 6.07 Å². The van der Waals surface area contributed by atoms with Crippen LogP contribution in [-0.4, -0.2) is 36.0 Å². The molecule has 0 aromatic carbocycles. The fourth-order valence-corrected chi connectivity index (χ4v) is 3.93. The Morgan fingerprint density at radius 2 is 2.25 bits per heavy atom. The second kappa shape index (κ2) is 7.12. The third-order valence-electron chi connectivity index (χ3n) is 3.60. The van der Waals surface area contributed by atoms with Gasteiger partial charge in [-0.1, -0.05) is 29.6 Å². The van der Waals surface area contributed by atoms with Gasteiger partial charge in [-0.2, -0.15) is 0 Å². The number of halogens is 2. The van der Waals surface area contributed by atoms with E-state index in [-0.39, 0.29) is 11.9 Å². The van der Waals surface area contributed by atoms with Crippen molar-refractivity contribution < 1.29 is 4.79 Å². The fourth-order valence-electron chi connectivity index (χ4n) is 2.49. The molecule has 2 rings (SSSR count). The van der Waals surface area contributed by atoms with Gasteiger partial charge < -0.3 is 10.2 Å². The lowest BCUT2D eigenvalue weighted by atomic mass is 10.0. The summed E-state index contributed by atoms with van der Waals surface area (Å²) in [5.74, 6) is -0.0273. The minimum absolute atomic E-state index is 0.0273. The molecule has 1 amide bonds. The summed E-state index contributed by atoms with van der Waals surface area (Å²) in [6, 6.07) is 2.18. The summed E-state index contributed by atoms with van der Waals surface area (Å²) in [5, 5.41) is 3.48. The molecule has 0 aliphatic carbocycles. The second-order valence-corrected chi connectivity index (χ2v) is 7.72. The van der Waals surface area contributed by atoms with Gasteiger partial charge in [0, 0.05) is 18.6 Å². The molecule has 0 radical (unpaired) electrons. The number of hydrogen-bond acceptors (Lipinski definition) is 3. The van der Waals surface area contributed by atoms with E-state index < -0.39 is 0 Å². The van der Waals surface area contributed by atoms with Crippen molar-refractivity contribution in [2.45, 2.75) is 45.2 Å². The van der Waals surface area contributed by atoms with Crippen LogP contribution in [-0.2, 0) is 0 Å². The number of amides is 1. The van der Waals surface area contributed by atoms with Gasteiger partial charge in [0.25, 0.3) is 5.91 Å². The highest BCUT2D eigenvalue weighted by Gasteiger charge is 2.26. The summed E-state index contributed by atoms with van der Waals surface area (Å²) in [6.07, 6.45) is 3.57. The van der Waals surface area contributed by atoms with Gasteiger partial charge in [-0.15, -0.1) is 11.3 Å². The molecule has 0 saturated carbocycles. The van der Waals surface area contributed by atoms with Crippen molar-refractivity contribution in [3.8, 4) is 0 Å². The van der Waals surface area contributed by atoms with Gasteiger partial charge in [0.05, 0.1) is 9.90 Å². The highest BCUT2D eigenvalue weighted by atomic mass is 35.5. The molecule has 1 fully saturated rings. The minimum atomic E-state index is -0.0273. The summed E-state index contributed by atoms with van der Waals surface area (Å²) in [5.41, 5.74) is 0.520. The number of nitrogens with one attached hydrogen (secondary N) is 1. The Kier molecular flexibility index (Phi) is 5.73. The summed E-state index contributed by atoms with van der Waals surface area (Å²) < 4.78 is 1.03. The highest BCUT2D eigenvalue weighted by molar-refractivity contribution is 7.20. The third kappa shape index (κ3) is 3.88. The smallest absolute Gasteiger partial charge is 0.256 e. The van der Waals surface area contributed by atoms with Gasteiger partial charge in [0.15, 0.2) is 0 Å². The number of carbonyl (C=O) groups excluding carboxylic acids is 1. The third-order valence-corrected chi connectivity index (χ3v) is 5.09. The second-order valence-electron chi connectivity index (χ2n) is 5.44. The maximum absolute atomic E-state index is 12.7. The number of rotatable bonds is 4. The van der Waals surface area contributed by atoms with Crippen molar-refractivity contribution in [2.24, 2.45) is 0 Å². The van der Waals surface area contributed by atoms with E-state index in [1.807, 2.05) is 18.7 Å². The Labute approximate surface area is 134 Å². The molecule has 1 saturated heterocycles. The molecule has 1 atom stereocenters. The highest BCUT2D eigenvalue weighted by Crippen LogP contribution is 2.32. The van der Waals surface area contributed by atoms with Crippen LogP contribution in [0.3, 0.4) is 0 Å². The molecular formula is C14H20Cl2N2OS. The van der Waals surface area contributed by atoms with Gasteiger partial charge in [0.1, 0.15) is 4.34 Å². The first kappa shape index (κ1) is 16.1. The topological polar surface area (TPSA) is 32.3 Å². The zero-order valence-corrected chi connectivity index (χ0v) is 14.1. The summed E-state index contributed by atoms with van der Waals surface area (Å²) in [6.45, 7) is 5.82. The molecule has 1 aliphatic heterocycles. The monoisotopic (exact) mass is 334 g/mol. The first-order valence-electron chi connectivity index (χ1n) is 6.98. The molecule has 6 heteroatoms. The van der Waals surface area contributed by atoms with Gasteiger partial charge in [-0.25, -0.2) is 0 Å². The lowest BCUT2D eigenvalue weighted by Crippen LogP contribution is -2.48. The SMILES string of the molecule is CC(C)N(CC1CCCCN1)C(=O)c1cc(Cl)sc1Cl. The molecule has 1 unspecified atom stereocenters. The van der Waals surface area contributed by atoms with Crippen LogP contribution in [0.5, 0.6) is 0 Å². The molecule has 0 bridgehead atoms. The first-order valence-corrected chi connectivity index (χ1v) is 8.55. The van der Waals surface area contributed by atoms with E-state index in [9.17, 15) is 4.79 Å². The number of carbonyl (C=O) groups is 1. The molecule has 0 spiro atoms. The van der Waals surface area contributed by atoms with Gasteiger partial charge >= 0.3 is 0 Å². The quantitative estimate of drug-likeness (QED) is 0.900. The fraction of sp³-hybridized carbons (Fsp3) is 0.643. The molecule has 1 aromatic rings. The van der Waals surface area contributed by atoms with Crippen LogP contribution in [0, 0.1) is 0 Å². The maximum Gasteiger partial charge on any atom is 0.256 e. The Balaban J connectivity index is 2.11. The van der Waals surface area contributed by atoms with E-state index in [0.717, 1.165) is 19.5 Å². The predicted molar refractivity (Wildman–Crippen MR) is 86.2 cm³/mol. The van der Waals surface area contributed by atoms with Crippen LogP contribution in [0.15, 0.2) is 6.07 Å². The molecule has 3 nitrogen and oxygen atoms in total. The number of nitrogens with zero attached hydrogens (tertiary/aromatic N) is 1. The Morgan fingerprint density at radius 1 is 1.50 bits per heavy atom. The van der Waals surface area contributed by atoms with Crippen molar-refractivity contribution in [2.75, 3.05) is 13.1 Å². The molecular weight excluding hydrogens is 315 g/mol. The Hall–Kier alpha value is -0.290. The van der Waals surface area contributed by atoms with Crippen molar-refractivity contribution in [3.05, 3.63) is 20.3 Å². The van der Waals surface area contributed by atoms with E-state index in [2.05, 4.69) is 5.32 Å². The van der Waals surface area contributed by atoms with Crippen LogP contribution < -0.4 is 5.32 Å². The average Bonchev–Trinajstić information content (AvgIpc) is 2.75. The van der Waals surface area contributed by atoms with Crippen molar-refractivity contribution in [1.29, 1.82) is 0 Å². The van der Waals surface area contributed by atoms with E-state index in [1.165, 1.54) is 24.2 Å². The van der Waals surface area contributed by atoms with Crippen LogP contribution in [0.25, 0.3) is 0 Å². The molecule has 112 valence electrons. The summed E-state index contributed by atoms with van der Waals surface area (Å²) in [4.78, 5) is 14.5. The lowest BCUT2D eigenvalue weighted by molar-refractivity contribution is 0.0677. The number of piperidine rings is 1. The lowest BCUT2D eigenvalue weighted by Gasteiger charge is -2.33. The largest absolute Gasteiger partial charge is 0.335 e. The van der Waals surface area contributed by atoms with Gasteiger partial charge in [0.2, 0.25) is 0 Å². The van der Waals surface area contributed by atoms with Crippen LogP contribution in [0.4, 0.5) is 0 Å². The first-order chi connectivity index (χ1) is 9.49. The standard InChI is InChI=1S/C14H20Cl2N2OS/c1-9(2)18(8-10-5-3-4-6-17-10)14(19)11-7-12(15)20-13(11)16/h7,9-10,17H,3-6,8H2,1-2H3.